The maximum absolute atomic E-state index is 5.35. The van der Waals surface area contributed by atoms with Crippen LogP contribution in [0.3, 0.4) is 0 Å². The molecule has 1 heteroatoms. The fraction of sp³-hybridized carbons (Fsp3) is 0.556. The van der Waals surface area contributed by atoms with Gasteiger partial charge in [0.1, 0.15) is 0 Å². The van der Waals surface area contributed by atoms with Crippen molar-refractivity contribution in [1.82, 2.24) is 0 Å². The van der Waals surface area contributed by atoms with Gasteiger partial charge in [0.25, 0.3) is 0 Å². The van der Waals surface area contributed by atoms with Crippen molar-refractivity contribution >= 4 is 0 Å². The van der Waals surface area contributed by atoms with Crippen molar-refractivity contribution in [2.45, 2.75) is 33.3 Å². The molecule has 0 atom stereocenters. The van der Waals surface area contributed by atoms with Crippen molar-refractivity contribution in [3.63, 3.8) is 0 Å². The van der Waals surface area contributed by atoms with E-state index in [0.717, 1.165) is 5.57 Å². The fourth-order valence-corrected chi connectivity index (χ4v) is 0.318. The van der Waals surface area contributed by atoms with E-state index in [1.54, 1.807) is 12.3 Å². The molecule has 0 aliphatic carbocycles. The largest absolute Gasteiger partial charge is 0.495 e. The highest BCUT2D eigenvalue weighted by atomic mass is 16.5. The first-order valence-electron chi connectivity index (χ1n) is 3.43. The van der Waals surface area contributed by atoms with Gasteiger partial charge in [-0.1, -0.05) is 12.7 Å². The number of ether oxygens (including phenoxy) is 1. The highest BCUT2D eigenvalue weighted by Crippen LogP contribution is 2.08. The van der Waals surface area contributed by atoms with Crippen LogP contribution in [0.4, 0.5) is 0 Å². The van der Waals surface area contributed by atoms with Crippen molar-refractivity contribution in [3.05, 3.63) is 24.5 Å². The van der Waals surface area contributed by atoms with Gasteiger partial charge in [0.05, 0.1) is 11.9 Å². The average Bonchev–Trinajstić information content (AvgIpc) is 1.81. The molecule has 0 aliphatic rings. The van der Waals surface area contributed by atoms with Crippen LogP contribution < -0.4 is 0 Å². The Hall–Kier alpha value is -0.720. The number of allylic oxidation sites excluding steroid dienone is 2. The monoisotopic (exact) mass is 140 g/mol. The second kappa shape index (κ2) is 3.45. The zero-order valence-electron chi connectivity index (χ0n) is 7.27. The average molecular weight is 140 g/mol. The van der Waals surface area contributed by atoms with Gasteiger partial charge in [0.2, 0.25) is 0 Å². The molecule has 0 aliphatic heterocycles. The molecule has 0 aromatic carbocycles. The van der Waals surface area contributed by atoms with Gasteiger partial charge >= 0.3 is 0 Å². The minimum absolute atomic E-state index is 0.0930. The Labute approximate surface area is 63.4 Å². The van der Waals surface area contributed by atoms with E-state index in [0.29, 0.717) is 0 Å². The second-order valence-corrected chi connectivity index (χ2v) is 3.30. The Bertz CT molecular complexity index is 137. The Morgan fingerprint density at radius 3 is 2.20 bits per heavy atom. The van der Waals surface area contributed by atoms with Crippen LogP contribution in [0.5, 0.6) is 0 Å². The van der Waals surface area contributed by atoms with Crippen LogP contribution in [-0.4, -0.2) is 5.60 Å². The first kappa shape index (κ1) is 9.28. The Balaban J connectivity index is 3.84. The van der Waals surface area contributed by atoms with Gasteiger partial charge in [-0.15, -0.1) is 0 Å². The van der Waals surface area contributed by atoms with Gasteiger partial charge in [-0.3, -0.25) is 0 Å². The molecule has 58 valence electrons. The standard InChI is InChI=1S/C9H16O/c1-6-8(2)7-10-9(3,4)5/h6-7H,1H2,2-5H3. The van der Waals surface area contributed by atoms with Crippen molar-refractivity contribution in [2.75, 3.05) is 0 Å². The highest BCUT2D eigenvalue weighted by molar-refractivity contribution is 5.09. The van der Waals surface area contributed by atoms with E-state index in [1.165, 1.54) is 0 Å². The van der Waals surface area contributed by atoms with E-state index in [-0.39, 0.29) is 5.60 Å². The van der Waals surface area contributed by atoms with Gasteiger partial charge in [-0.2, -0.15) is 0 Å². The van der Waals surface area contributed by atoms with E-state index >= 15 is 0 Å². The number of rotatable bonds is 2. The zero-order valence-corrected chi connectivity index (χ0v) is 7.27. The summed E-state index contributed by atoms with van der Waals surface area (Å²) in [5.74, 6) is 0. The molecule has 1 nitrogen and oxygen atoms in total. The molecule has 0 heterocycles. The van der Waals surface area contributed by atoms with Crippen LogP contribution in [0.25, 0.3) is 0 Å². The highest BCUT2D eigenvalue weighted by Gasteiger charge is 2.07. The zero-order chi connectivity index (χ0) is 8.20. The number of hydrogen-bond donors (Lipinski definition) is 0. The molecule has 0 bridgehead atoms. The normalized spacial score (nSPS) is 13.0. The van der Waals surface area contributed by atoms with Crippen molar-refractivity contribution in [2.24, 2.45) is 0 Å². The van der Waals surface area contributed by atoms with Gasteiger partial charge in [-0.05, 0) is 33.3 Å². The quantitative estimate of drug-likeness (QED) is 0.423. The Morgan fingerprint density at radius 1 is 1.40 bits per heavy atom. The van der Waals surface area contributed by atoms with Crippen LogP contribution in [-0.2, 0) is 4.74 Å². The molecule has 0 N–H and O–H groups in total. The Morgan fingerprint density at radius 2 is 1.90 bits per heavy atom. The third kappa shape index (κ3) is 5.42. The maximum Gasteiger partial charge on any atom is 0.0998 e. The first-order valence-corrected chi connectivity index (χ1v) is 3.43. The van der Waals surface area contributed by atoms with E-state index in [2.05, 4.69) is 6.58 Å². The molecule has 0 radical (unpaired) electrons. The number of hydrogen-bond acceptors (Lipinski definition) is 1. The maximum atomic E-state index is 5.35. The van der Waals surface area contributed by atoms with E-state index in [9.17, 15) is 0 Å². The topological polar surface area (TPSA) is 9.23 Å². The van der Waals surface area contributed by atoms with Gasteiger partial charge in [0.15, 0.2) is 0 Å². The molecule has 0 aromatic heterocycles. The SMILES string of the molecule is C=CC(C)=COC(C)(C)C. The van der Waals surface area contributed by atoms with Crippen molar-refractivity contribution in [1.29, 1.82) is 0 Å². The molecule has 0 saturated carbocycles. The predicted molar refractivity (Wildman–Crippen MR) is 44.8 cm³/mol. The summed E-state index contributed by atoms with van der Waals surface area (Å²) in [5, 5.41) is 0. The van der Waals surface area contributed by atoms with Gasteiger partial charge < -0.3 is 4.74 Å². The summed E-state index contributed by atoms with van der Waals surface area (Å²) < 4.78 is 5.35. The lowest BCUT2D eigenvalue weighted by Gasteiger charge is -2.17. The molecule has 0 fully saturated rings. The second-order valence-electron chi connectivity index (χ2n) is 3.30. The molecular weight excluding hydrogens is 124 g/mol. The van der Waals surface area contributed by atoms with Crippen molar-refractivity contribution < 1.29 is 4.74 Å². The molecule has 0 rings (SSSR count). The lowest BCUT2D eigenvalue weighted by atomic mass is 10.2. The summed E-state index contributed by atoms with van der Waals surface area (Å²) >= 11 is 0. The molecule has 0 unspecified atom stereocenters. The molecule has 0 saturated heterocycles. The van der Waals surface area contributed by atoms with Crippen LogP contribution in [0, 0.1) is 0 Å². The molecule has 0 spiro atoms. The lowest BCUT2D eigenvalue weighted by molar-refractivity contribution is 0.0755. The molecule has 0 aromatic rings. The van der Waals surface area contributed by atoms with Gasteiger partial charge in [0, 0.05) is 0 Å². The van der Waals surface area contributed by atoms with E-state index < -0.39 is 0 Å². The summed E-state index contributed by atoms with van der Waals surface area (Å²) in [6, 6.07) is 0. The first-order chi connectivity index (χ1) is 4.45. The Kier molecular flexibility index (Phi) is 3.20. The van der Waals surface area contributed by atoms with Crippen LogP contribution in [0.1, 0.15) is 27.7 Å². The van der Waals surface area contributed by atoms with Crippen LogP contribution in [0.2, 0.25) is 0 Å². The van der Waals surface area contributed by atoms with Crippen LogP contribution in [0.15, 0.2) is 24.5 Å². The van der Waals surface area contributed by atoms with E-state index in [1.807, 2.05) is 27.7 Å². The molecule has 0 amide bonds. The lowest BCUT2D eigenvalue weighted by Crippen LogP contribution is -2.15. The predicted octanol–water partition coefficient (Wildman–Crippen LogP) is 2.89. The van der Waals surface area contributed by atoms with Gasteiger partial charge in [-0.25, -0.2) is 0 Å². The molecular formula is C9H16O. The third-order valence-electron chi connectivity index (χ3n) is 0.920. The van der Waals surface area contributed by atoms with Crippen molar-refractivity contribution in [3.8, 4) is 0 Å². The summed E-state index contributed by atoms with van der Waals surface area (Å²) in [4.78, 5) is 0. The minimum atomic E-state index is -0.0930. The summed E-state index contributed by atoms with van der Waals surface area (Å²) in [6.45, 7) is 11.6. The summed E-state index contributed by atoms with van der Waals surface area (Å²) in [7, 11) is 0. The minimum Gasteiger partial charge on any atom is -0.495 e. The van der Waals surface area contributed by atoms with E-state index in [4.69, 9.17) is 4.74 Å². The van der Waals surface area contributed by atoms with Crippen LogP contribution >= 0.6 is 0 Å². The third-order valence-corrected chi connectivity index (χ3v) is 0.920. The summed E-state index contributed by atoms with van der Waals surface area (Å²) in [6.07, 6.45) is 3.50. The molecule has 10 heavy (non-hydrogen) atoms. The fourth-order valence-electron chi connectivity index (χ4n) is 0.318. The smallest absolute Gasteiger partial charge is 0.0998 e. The summed E-state index contributed by atoms with van der Waals surface area (Å²) in [5.41, 5.74) is 0.958.